The fourth-order valence-electron chi connectivity index (χ4n) is 1.02. The van der Waals surface area contributed by atoms with E-state index in [1.165, 1.54) is 0 Å². The molecule has 0 atom stereocenters. The third-order valence-electron chi connectivity index (χ3n) is 2.01. The van der Waals surface area contributed by atoms with Crippen molar-refractivity contribution in [1.82, 2.24) is 4.90 Å². The van der Waals surface area contributed by atoms with Gasteiger partial charge in [0.25, 0.3) is 0 Å². The number of hydrogen-bond donors (Lipinski definition) is 1. The molecule has 1 aromatic carbocycles. The van der Waals surface area contributed by atoms with E-state index in [0.717, 1.165) is 12.0 Å². The Kier molecular flexibility index (Phi) is 3.98. The largest absolute Gasteiger partial charge is 0.508 e. The Morgan fingerprint density at radius 1 is 1.21 bits per heavy atom. The highest BCUT2D eigenvalue weighted by molar-refractivity contribution is 9.25. The van der Waals surface area contributed by atoms with E-state index >= 15 is 0 Å². The summed E-state index contributed by atoms with van der Waals surface area (Å²) in [5.41, 5.74) is 1.16. The van der Waals surface area contributed by atoms with E-state index in [9.17, 15) is 0 Å². The molecule has 1 aromatic rings. The van der Waals surface area contributed by atoms with Crippen molar-refractivity contribution >= 4 is 31.9 Å². The molecule has 4 heteroatoms. The maximum Gasteiger partial charge on any atom is 0.136 e. The van der Waals surface area contributed by atoms with Gasteiger partial charge in [-0.2, -0.15) is 0 Å². The molecular weight excluding hydrogens is 310 g/mol. The smallest absolute Gasteiger partial charge is 0.136 e. The Hall–Kier alpha value is -0.0600. The first-order chi connectivity index (χ1) is 6.42. The van der Waals surface area contributed by atoms with Gasteiger partial charge < -0.3 is 5.11 Å². The van der Waals surface area contributed by atoms with Gasteiger partial charge in [-0.15, -0.1) is 0 Å². The Morgan fingerprint density at radius 3 is 2.14 bits per heavy atom. The van der Waals surface area contributed by atoms with Crippen LogP contribution in [0.2, 0.25) is 0 Å². The number of phenols is 1. The zero-order valence-corrected chi connectivity index (χ0v) is 11.3. The minimum absolute atomic E-state index is 0.225. The summed E-state index contributed by atoms with van der Waals surface area (Å²) < 4.78 is -0.225. The second-order valence-electron chi connectivity index (χ2n) is 3.40. The van der Waals surface area contributed by atoms with Crippen molar-refractivity contribution in [2.75, 3.05) is 14.1 Å². The van der Waals surface area contributed by atoms with Gasteiger partial charge >= 0.3 is 0 Å². The van der Waals surface area contributed by atoms with Gasteiger partial charge in [-0.25, -0.2) is 0 Å². The first-order valence-electron chi connectivity index (χ1n) is 4.25. The number of likely N-dealkylation sites (N-methyl/N-ethyl adjacent to an activating group) is 1. The molecule has 0 heterocycles. The van der Waals surface area contributed by atoms with Crippen molar-refractivity contribution in [3.05, 3.63) is 29.8 Å². The topological polar surface area (TPSA) is 23.5 Å². The van der Waals surface area contributed by atoms with E-state index < -0.39 is 0 Å². The summed E-state index contributed by atoms with van der Waals surface area (Å²) in [5.74, 6) is 0.299. The second-order valence-corrected chi connectivity index (χ2v) is 7.09. The van der Waals surface area contributed by atoms with E-state index in [0.29, 0.717) is 5.75 Å². The van der Waals surface area contributed by atoms with Gasteiger partial charge in [-0.3, -0.25) is 4.90 Å². The van der Waals surface area contributed by atoms with Gasteiger partial charge in [0.05, 0.1) is 0 Å². The number of hydrogen-bond acceptors (Lipinski definition) is 2. The fourth-order valence-corrected chi connectivity index (χ4v) is 1.66. The predicted molar refractivity (Wildman–Crippen MR) is 66.1 cm³/mol. The lowest BCUT2D eigenvalue weighted by atomic mass is 10.1. The highest BCUT2D eigenvalue weighted by atomic mass is 79.9. The molecule has 0 saturated heterocycles. The highest BCUT2D eigenvalue weighted by Crippen LogP contribution is 2.32. The Balaban J connectivity index is 2.74. The molecule has 1 rings (SSSR count). The Labute approximate surface area is 101 Å². The quantitative estimate of drug-likeness (QED) is 0.683. The molecule has 0 saturated carbocycles. The monoisotopic (exact) mass is 321 g/mol. The number of rotatable bonds is 3. The Bertz CT molecular complexity index is 295. The van der Waals surface area contributed by atoms with Crippen LogP contribution in [0.1, 0.15) is 5.56 Å². The molecule has 14 heavy (non-hydrogen) atoms. The normalized spacial score (nSPS) is 12.1. The molecule has 0 amide bonds. The number of alkyl halides is 2. The first-order valence-corrected chi connectivity index (χ1v) is 5.83. The van der Waals surface area contributed by atoms with Gasteiger partial charge in [0.1, 0.15) is 9.11 Å². The maximum atomic E-state index is 9.13. The van der Waals surface area contributed by atoms with Crippen molar-refractivity contribution in [1.29, 1.82) is 0 Å². The molecule has 0 radical (unpaired) electrons. The average molecular weight is 323 g/mol. The van der Waals surface area contributed by atoms with Crippen LogP contribution in [0.25, 0.3) is 0 Å². The molecule has 2 nitrogen and oxygen atoms in total. The summed E-state index contributed by atoms with van der Waals surface area (Å²) in [6, 6.07) is 7.22. The standard InChI is InChI=1S/C10H13Br2NO/c1-13(2)10(11,12)7-8-3-5-9(14)6-4-8/h3-6,14H,7H2,1-2H3. The summed E-state index contributed by atoms with van der Waals surface area (Å²) in [6.07, 6.45) is 0.820. The molecule has 78 valence electrons. The molecule has 0 bridgehead atoms. The van der Waals surface area contributed by atoms with Gasteiger partial charge in [0.2, 0.25) is 0 Å². The van der Waals surface area contributed by atoms with Crippen molar-refractivity contribution in [2.45, 2.75) is 9.78 Å². The summed E-state index contributed by atoms with van der Waals surface area (Å²) in [7, 11) is 3.98. The van der Waals surface area contributed by atoms with Crippen molar-refractivity contribution in [2.24, 2.45) is 0 Å². The van der Waals surface area contributed by atoms with Crippen LogP contribution in [0, 0.1) is 0 Å². The summed E-state index contributed by atoms with van der Waals surface area (Å²) in [5, 5.41) is 9.13. The zero-order valence-electron chi connectivity index (χ0n) is 8.17. The molecule has 0 unspecified atom stereocenters. The van der Waals surface area contributed by atoms with Crippen molar-refractivity contribution in [3.63, 3.8) is 0 Å². The van der Waals surface area contributed by atoms with Crippen LogP contribution in [0.3, 0.4) is 0 Å². The highest BCUT2D eigenvalue weighted by Gasteiger charge is 2.25. The van der Waals surface area contributed by atoms with E-state index in [1.807, 2.05) is 31.1 Å². The number of nitrogens with zero attached hydrogens (tertiary/aromatic N) is 1. The minimum atomic E-state index is -0.225. The summed E-state index contributed by atoms with van der Waals surface area (Å²) >= 11 is 7.16. The molecular formula is C10H13Br2NO. The number of phenolic OH excluding ortho intramolecular Hbond substituents is 1. The first kappa shape index (κ1) is 12.0. The zero-order chi connectivity index (χ0) is 10.8. The van der Waals surface area contributed by atoms with Gasteiger partial charge in [0.15, 0.2) is 0 Å². The second kappa shape index (κ2) is 4.64. The molecule has 0 aliphatic rings. The number of halogens is 2. The van der Waals surface area contributed by atoms with Crippen LogP contribution in [0.4, 0.5) is 0 Å². The van der Waals surface area contributed by atoms with E-state index in [2.05, 4.69) is 31.9 Å². The third kappa shape index (κ3) is 3.26. The van der Waals surface area contributed by atoms with Crippen LogP contribution in [0.15, 0.2) is 24.3 Å². The van der Waals surface area contributed by atoms with E-state index in [1.54, 1.807) is 12.1 Å². The fraction of sp³-hybridized carbons (Fsp3) is 0.400. The van der Waals surface area contributed by atoms with E-state index in [4.69, 9.17) is 5.11 Å². The van der Waals surface area contributed by atoms with Crippen LogP contribution in [-0.4, -0.2) is 27.5 Å². The third-order valence-corrected chi connectivity index (χ3v) is 3.99. The minimum Gasteiger partial charge on any atom is -0.508 e. The lowest BCUT2D eigenvalue weighted by Gasteiger charge is -2.28. The lowest BCUT2D eigenvalue weighted by molar-refractivity contribution is 0.363. The van der Waals surface area contributed by atoms with Gasteiger partial charge in [-0.1, -0.05) is 44.0 Å². The van der Waals surface area contributed by atoms with Crippen LogP contribution < -0.4 is 0 Å². The van der Waals surface area contributed by atoms with Gasteiger partial charge in [-0.05, 0) is 31.8 Å². The summed E-state index contributed by atoms with van der Waals surface area (Å²) in [4.78, 5) is 2.04. The Morgan fingerprint density at radius 2 is 1.71 bits per heavy atom. The number of benzene rings is 1. The maximum absolute atomic E-state index is 9.13. The molecule has 0 aromatic heterocycles. The summed E-state index contributed by atoms with van der Waals surface area (Å²) in [6.45, 7) is 0. The van der Waals surface area contributed by atoms with Gasteiger partial charge in [0, 0.05) is 6.42 Å². The lowest BCUT2D eigenvalue weighted by Crippen LogP contribution is -2.33. The van der Waals surface area contributed by atoms with Crippen LogP contribution >= 0.6 is 31.9 Å². The average Bonchev–Trinajstić information content (AvgIpc) is 2.08. The van der Waals surface area contributed by atoms with E-state index in [-0.39, 0.29) is 3.36 Å². The molecule has 0 aliphatic carbocycles. The SMILES string of the molecule is CN(C)C(Br)(Br)Cc1ccc(O)cc1. The molecule has 0 aliphatic heterocycles. The van der Waals surface area contributed by atoms with Crippen LogP contribution in [0.5, 0.6) is 5.75 Å². The van der Waals surface area contributed by atoms with Crippen LogP contribution in [-0.2, 0) is 6.42 Å². The number of aromatic hydroxyl groups is 1. The van der Waals surface area contributed by atoms with Crippen molar-refractivity contribution < 1.29 is 5.11 Å². The molecule has 1 N–H and O–H groups in total. The van der Waals surface area contributed by atoms with Crippen molar-refractivity contribution in [3.8, 4) is 5.75 Å². The molecule has 0 spiro atoms. The predicted octanol–water partition coefficient (Wildman–Crippen LogP) is 2.94. The molecule has 0 fully saturated rings.